The van der Waals surface area contributed by atoms with Gasteiger partial charge >= 0.3 is 0 Å². The highest BCUT2D eigenvalue weighted by atomic mass is 33.1. The van der Waals surface area contributed by atoms with Gasteiger partial charge in [0.1, 0.15) is 5.78 Å². The fourth-order valence-corrected chi connectivity index (χ4v) is 1.71. The third-order valence-electron chi connectivity index (χ3n) is 2.41. The predicted molar refractivity (Wildman–Crippen MR) is 72.3 cm³/mol. The molecule has 2 N–H and O–H groups in total. The number of hydrogen-bond donors (Lipinski definition) is 2. The molecule has 0 radical (unpaired) electrons. The van der Waals surface area contributed by atoms with Crippen LogP contribution in [0.3, 0.4) is 0 Å². The Bertz CT molecular complexity index is 201. The zero-order valence-electron chi connectivity index (χ0n) is 10.1. The largest absolute Gasteiger partial charge is 0.327 e. The standard InChI is InChI=1S/C11H23NOS2/c1-8(15-14)5-6-9(12)7-10(13)11(2,3)4/h8-9,14H,5-7,12H2,1-4H3/t8?,9-/m0/s1. The van der Waals surface area contributed by atoms with E-state index in [0.717, 1.165) is 12.8 Å². The summed E-state index contributed by atoms with van der Waals surface area (Å²) in [6.45, 7) is 7.94. The van der Waals surface area contributed by atoms with E-state index in [1.54, 1.807) is 10.8 Å². The molecule has 0 saturated carbocycles. The van der Waals surface area contributed by atoms with Gasteiger partial charge in [-0.15, -0.1) is 11.7 Å². The predicted octanol–water partition coefficient (Wildman–Crippen LogP) is 3.07. The summed E-state index contributed by atoms with van der Waals surface area (Å²) < 4.78 is 0. The van der Waals surface area contributed by atoms with E-state index in [1.165, 1.54) is 0 Å². The Labute approximate surface area is 103 Å². The molecule has 0 aromatic heterocycles. The fourth-order valence-electron chi connectivity index (χ4n) is 1.15. The van der Waals surface area contributed by atoms with E-state index in [9.17, 15) is 4.79 Å². The summed E-state index contributed by atoms with van der Waals surface area (Å²) in [4.78, 5) is 11.7. The maximum Gasteiger partial charge on any atom is 0.139 e. The maximum atomic E-state index is 11.7. The van der Waals surface area contributed by atoms with Crippen molar-refractivity contribution in [3.8, 4) is 0 Å². The van der Waals surface area contributed by atoms with Gasteiger partial charge in [0.2, 0.25) is 0 Å². The molecule has 4 heteroatoms. The van der Waals surface area contributed by atoms with Gasteiger partial charge in [0.25, 0.3) is 0 Å². The molecule has 0 rings (SSSR count). The number of hydrogen-bond acceptors (Lipinski definition) is 4. The van der Waals surface area contributed by atoms with Crippen molar-refractivity contribution in [2.24, 2.45) is 11.1 Å². The number of Topliss-reactive ketones (excluding diaryl/α,β-unsaturated/α-hetero) is 1. The van der Waals surface area contributed by atoms with E-state index < -0.39 is 0 Å². The summed E-state index contributed by atoms with van der Waals surface area (Å²) in [6, 6.07) is -0.000316. The molecule has 0 spiro atoms. The van der Waals surface area contributed by atoms with Gasteiger partial charge in [-0.25, -0.2) is 0 Å². The van der Waals surface area contributed by atoms with Crippen LogP contribution in [0.4, 0.5) is 0 Å². The van der Waals surface area contributed by atoms with E-state index in [1.807, 2.05) is 20.8 Å². The Kier molecular flexibility index (Phi) is 6.96. The van der Waals surface area contributed by atoms with Crippen LogP contribution in [0.1, 0.15) is 47.0 Å². The van der Waals surface area contributed by atoms with Gasteiger partial charge < -0.3 is 5.73 Å². The molecule has 0 saturated heterocycles. The van der Waals surface area contributed by atoms with Crippen molar-refractivity contribution in [1.82, 2.24) is 0 Å². The molecule has 0 amide bonds. The monoisotopic (exact) mass is 249 g/mol. The second-order valence-electron chi connectivity index (χ2n) is 5.13. The average Bonchev–Trinajstić information content (AvgIpc) is 2.12. The highest BCUT2D eigenvalue weighted by molar-refractivity contribution is 8.68. The summed E-state index contributed by atoms with van der Waals surface area (Å²) in [5.74, 6) is 0.251. The lowest BCUT2D eigenvalue weighted by Gasteiger charge is -2.20. The van der Waals surface area contributed by atoms with Crippen LogP contribution in [-0.2, 0) is 4.79 Å². The lowest BCUT2D eigenvalue weighted by Crippen LogP contribution is -2.30. The molecule has 0 aliphatic rings. The number of ketones is 1. The lowest BCUT2D eigenvalue weighted by molar-refractivity contribution is -0.126. The molecule has 0 aromatic carbocycles. The molecule has 0 aromatic rings. The van der Waals surface area contributed by atoms with Crippen LogP contribution in [0.2, 0.25) is 0 Å². The number of carbonyl (C=O) groups is 1. The van der Waals surface area contributed by atoms with Gasteiger partial charge in [0, 0.05) is 23.1 Å². The first-order valence-electron chi connectivity index (χ1n) is 5.36. The third-order valence-corrected chi connectivity index (χ3v) is 4.08. The average molecular weight is 249 g/mol. The maximum absolute atomic E-state index is 11.7. The fraction of sp³-hybridized carbons (Fsp3) is 0.909. The first-order chi connectivity index (χ1) is 6.77. The van der Waals surface area contributed by atoms with Crippen molar-refractivity contribution in [2.75, 3.05) is 0 Å². The number of carbonyl (C=O) groups excluding carboxylic acids is 1. The summed E-state index contributed by atoms with van der Waals surface area (Å²) in [6.07, 6.45) is 2.41. The minimum Gasteiger partial charge on any atom is -0.327 e. The second-order valence-corrected chi connectivity index (χ2v) is 6.78. The quantitative estimate of drug-likeness (QED) is 0.561. The van der Waals surface area contributed by atoms with Crippen LogP contribution in [0.15, 0.2) is 0 Å². The van der Waals surface area contributed by atoms with Gasteiger partial charge in [0.05, 0.1) is 0 Å². The number of nitrogens with two attached hydrogens (primary N) is 1. The normalized spacial score (nSPS) is 16.1. The Morgan fingerprint density at radius 1 is 1.40 bits per heavy atom. The van der Waals surface area contributed by atoms with Crippen molar-refractivity contribution >= 4 is 28.2 Å². The number of rotatable bonds is 6. The molecule has 0 fully saturated rings. The SMILES string of the molecule is CC(CC[C@H](N)CC(=O)C(C)(C)C)SS. The molecule has 0 heterocycles. The molecule has 0 aliphatic heterocycles. The first-order valence-corrected chi connectivity index (χ1v) is 7.29. The molecule has 15 heavy (non-hydrogen) atoms. The molecule has 2 nitrogen and oxygen atoms in total. The summed E-state index contributed by atoms with van der Waals surface area (Å²) in [5, 5.41) is 0.504. The van der Waals surface area contributed by atoms with Crippen molar-refractivity contribution in [1.29, 1.82) is 0 Å². The van der Waals surface area contributed by atoms with Crippen molar-refractivity contribution in [2.45, 2.75) is 58.2 Å². The van der Waals surface area contributed by atoms with Crippen LogP contribution in [0.25, 0.3) is 0 Å². The van der Waals surface area contributed by atoms with Crippen molar-refractivity contribution in [3.05, 3.63) is 0 Å². The summed E-state index contributed by atoms with van der Waals surface area (Å²) in [5.41, 5.74) is 5.66. The molecule has 1 unspecified atom stereocenters. The van der Waals surface area contributed by atoms with Crippen LogP contribution >= 0.6 is 22.5 Å². The molecule has 0 bridgehead atoms. The lowest BCUT2D eigenvalue weighted by atomic mass is 9.86. The summed E-state index contributed by atoms with van der Waals surface area (Å²) in [7, 11) is 1.55. The van der Waals surface area contributed by atoms with Crippen LogP contribution < -0.4 is 5.73 Å². The van der Waals surface area contributed by atoms with Gasteiger partial charge in [0.15, 0.2) is 0 Å². The zero-order chi connectivity index (χ0) is 12.1. The highest BCUT2D eigenvalue weighted by Crippen LogP contribution is 2.22. The van der Waals surface area contributed by atoms with Gasteiger partial charge in [-0.1, -0.05) is 38.5 Å². The third kappa shape index (κ3) is 7.25. The van der Waals surface area contributed by atoms with Gasteiger partial charge in [-0.2, -0.15) is 0 Å². The topological polar surface area (TPSA) is 43.1 Å². The Balaban J connectivity index is 3.84. The van der Waals surface area contributed by atoms with Crippen LogP contribution in [0.5, 0.6) is 0 Å². The minimum absolute atomic E-state index is 0.000316. The van der Waals surface area contributed by atoms with Crippen molar-refractivity contribution in [3.63, 3.8) is 0 Å². The second kappa shape index (κ2) is 6.81. The highest BCUT2D eigenvalue weighted by Gasteiger charge is 2.23. The Morgan fingerprint density at radius 2 is 1.93 bits per heavy atom. The van der Waals surface area contributed by atoms with Gasteiger partial charge in [-0.3, -0.25) is 4.79 Å². The van der Waals surface area contributed by atoms with Crippen LogP contribution in [-0.4, -0.2) is 17.1 Å². The molecule has 0 aliphatic carbocycles. The van der Waals surface area contributed by atoms with Crippen LogP contribution in [0, 0.1) is 5.41 Å². The Morgan fingerprint density at radius 3 is 2.33 bits per heavy atom. The number of thiol groups is 1. The van der Waals surface area contributed by atoms with E-state index in [2.05, 4.69) is 18.6 Å². The smallest absolute Gasteiger partial charge is 0.139 e. The summed E-state index contributed by atoms with van der Waals surface area (Å²) >= 11 is 4.14. The zero-order valence-corrected chi connectivity index (χ0v) is 11.8. The Hall–Kier alpha value is 0.330. The van der Waals surface area contributed by atoms with E-state index >= 15 is 0 Å². The van der Waals surface area contributed by atoms with E-state index in [4.69, 9.17) is 5.73 Å². The molecular weight excluding hydrogens is 226 g/mol. The van der Waals surface area contributed by atoms with E-state index in [-0.39, 0.29) is 17.2 Å². The first kappa shape index (κ1) is 15.3. The van der Waals surface area contributed by atoms with Gasteiger partial charge in [-0.05, 0) is 12.8 Å². The molecule has 2 atom stereocenters. The molecule has 90 valence electrons. The molecular formula is C11H23NOS2. The minimum atomic E-state index is -0.262. The van der Waals surface area contributed by atoms with E-state index in [0.29, 0.717) is 11.7 Å². The van der Waals surface area contributed by atoms with Crippen molar-refractivity contribution < 1.29 is 4.79 Å².